The van der Waals surface area contributed by atoms with E-state index in [1.807, 2.05) is 43.7 Å². The van der Waals surface area contributed by atoms with Gasteiger partial charge in [0.25, 0.3) is 5.91 Å². The highest BCUT2D eigenvalue weighted by molar-refractivity contribution is 9.10. The first-order chi connectivity index (χ1) is 13.0. The number of halogens is 1. The molecule has 2 heterocycles. The van der Waals surface area contributed by atoms with Crippen molar-refractivity contribution in [2.24, 2.45) is 0 Å². The van der Waals surface area contributed by atoms with Gasteiger partial charge in [-0.1, -0.05) is 15.9 Å². The van der Waals surface area contributed by atoms with Crippen molar-refractivity contribution in [1.29, 1.82) is 0 Å². The van der Waals surface area contributed by atoms with E-state index in [-0.39, 0.29) is 17.8 Å². The third-order valence-electron chi connectivity index (χ3n) is 4.05. The molecule has 1 N–H and O–H groups in total. The van der Waals surface area contributed by atoms with Gasteiger partial charge in [-0.15, -0.1) is 0 Å². The molecule has 0 fully saturated rings. The molecule has 1 atom stereocenters. The summed E-state index contributed by atoms with van der Waals surface area (Å²) < 4.78 is 6.77. The summed E-state index contributed by atoms with van der Waals surface area (Å²) in [6.07, 6.45) is 1.61. The standard InChI is InChI=1S/C20H20BrN3O2S/c1-24(2)18(14-9-11-27-13-14)12-23-19(25)17-4-3-10-22-20(17)26-16-7-5-15(21)6-8-16/h3-11,13,18H,12H2,1-2H3,(H,23,25). The molecule has 7 heteroatoms. The summed E-state index contributed by atoms with van der Waals surface area (Å²) in [6, 6.07) is 13.0. The normalized spacial score (nSPS) is 12.0. The fourth-order valence-corrected chi connectivity index (χ4v) is 3.58. The zero-order valence-electron chi connectivity index (χ0n) is 15.1. The summed E-state index contributed by atoms with van der Waals surface area (Å²) in [4.78, 5) is 19.1. The minimum atomic E-state index is -0.211. The molecule has 3 aromatic rings. The van der Waals surface area contributed by atoms with Crippen molar-refractivity contribution in [1.82, 2.24) is 15.2 Å². The lowest BCUT2D eigenvalue weighted by Crippen LogP contribution is -2.34. The number of hydrogen-bond acceptors (Lipinski definition) is 5. The molecular weight excluding hydrogens is 426 g/mol. The van der Waals surface area contributed by atoms with Crippen molar-refractivity contribution in [3.8, 4) is 11.6 Å². The topological polar surface area (TPSA) is 54.5 Å². The van der Waals surface area contributed by atoms with Gasteiger partial charge in [-0.25, -0.2) is 4.98 Å². The number of nitrogens with zero attached hydrogens (tertiary/aromatic N) is 2. The Morgan fingerprint density at radius 2 is 2.04 bits per heavy atom. The Hall–Kier alpha value is -2.22. The van der Waals surface area contributed by atoms with Crippen molar-refractivity contribution in [3.63, 3.8) is 0 Å². The molecule has 0 spiro atoms. The Bertz CT molecular complexity index is 883. The minimum absolute atomic E-state index is 0.104. The predicted molar refractivity (Wildman–Crippen MR) is 112 cm³/mol. The Kier molecular flexibility index (Phi) is 6.60. The van der Waals surface area contributed by atoms with Crippen LogP contribution in [0.1, 0.15) is 22.0 Å². The molecule has 0 radical (unpaired) electrons. The number of rotatable bonds is 7. The van der Waals surface area contributed by atoms with E-state index in [4.69, 9.17) is 4.74 Å². The van der Waals surface area contributed by atoms with E-state index in [9.17, 15) is 4.79 Å². The average Bonchev–Trinajstić information content (AvgIpc) is 3.18. The lowest BCUT2D eigenvalue weighted by atomic mass is 10.1. The second-order valence-corrected chi connectivity index (χ2v) is 7.85. The molecule has 3 rings (SSSR count). The van der Waals surface area contributed by atoms with E-state index >= 15 is 0 Å². The number of aromatic nitrogens is 1. The van der Waals surface area contributed by atoms with Crippen LogP contribution in [-0.2, 0) is 0 Å². The number of ether oxygens (including phenoxy) is 1. The number of hydrogen-bond donors (Lipinski definition) is 1. The first-order valence-electron chi connectivity index (χ1n) is 8.40. The van der Waals surface area contributed by atoms with Crippen LogP contribution in [0, 0.1) is 0 Å². The molecule has 0 aliphatic rings. The molecule has 0 saturated heterocycles. The number of amides is 1. The van der Waals surface area contributed by atoms with Crippen LogP contribution >= 0.6 is 27.3 Å². The molecule has 1 aromatic carbocycles. The van der Waals surface area contributed by atoms with Gasteiger partial charge in [0.05, 0.1) is 6.04 Å². The number of likely N-dealkylation sites (N-methyl/N-ethyl adjacent to an activating group) is 1. The first-order valence-corrected chi connectivity index (χ1v) is 10.1. The van der Waals surface area contributed by atoms with Crippen LogP contribution in [0.5, 0.6) is 11.6 Å². The lowest BCUT2D eigenvalue weighted by molar-refractivity contribution is 0.0939. The summed E-state index contributed by atoms with van der Waals surface area (Å²) in [5.41, 5.74) is 1.59. The van der Waals surface area contributed by atoms with Gasteiger partial charge in [0.1, 0.15) is 11.3 Å². The minimum Gasteiger partial charge on any atom is -0.438 e. The predicted octanol–water partition coefficient (Wildman–Crippen LogP) is 4.73. The van der Waals surface area contributed by atoms with E-state index in [1.54, 1.807) is 29.7 Å². The zero-order chi connectivity index (χ0) is 19.2. The van der Waals surface area contributed by atoms with Gasteiger partial charge in [0.2, 0.25) is 5.88 Å². The van der Waals surface area contributed by atoms with E-state index < -0.39 is 0 Å². The number of benzene rings is 1. The van der Waals surface area contributed by atoms with Crippen LogP contribution in [0.3, 0.4) is 0 Å². The van der Waals surface area contributed by atoms with Gasteiger partial charge in [-0.2, -0.15) is 11.3 Å². The van der Waals surface area contributed by atoms with Crippen LogP contribution < -0.4 is 10.1 Å². The van der Waals surface area contributed by atoms with Crippen LogP contribution in [0.15, 0.2) is 63.9 Å². The van der Waals surface area contributed by atoms with Gasteiger partial charge >= 0.3 is 0 Å². The lowest BCUT2D eigenvalue weighted by Gasteiger charge is -2.24. The van der Waals surface area contributed by atoms with Gasteiger partial charge in [0.15, 0.2) is 0 Å². The Morgan fingerprint density at radius 3 is 2.70 bits per heavy atom. The number of nitrogens with one attached hydrogen (secondary N) is 1. The quantitative estimate of drug-likeness (QED) is 0.570. The highest BCUT2D eigenvalue weighted by atomic mass is 79.9. The summed E-state index contributed by atoms with van der Waals surface area (Å²) in [5.74, 6) is 0.696. The average molecular weight is 446 g/mol. The van der Waals surface area contributed by atoms with Gasteiger partial charge < -0.3 is 15.0 Å². The number of thiophene rings is 1. The molecule has 2 aromatic heterocycles. The van der Waals surface area contributed by atoms with Crippen LogP contribution in [0.4, 0.5) is 0 Å². The van der Waals surface area contributed by atoms with Crippen molar-refractivity contribution < 1.29 is 9.53 Å². The highest BCUT2D eigenvalue weighted by Crippen LogP contribution is 2.25. The molecule has 1 unspecified atom stereocenters. The maximum atomic E-state index is 12.8. The van der Waals surface area contributed by atoms with Crippen LogP contribution in [0.2, 0.25) is 0 Å². The number of carbonyl (C=O) groups is 1. The van der Waals surface area contributed by atoms with Gasteiger partial charge in [-0.05, 0) is 72.9 Å². The van der Waals surface area contributed by atoms with E-state index in [0.29, 0.717) is 17.9 Å². The second-order valence-electron chi connectivity index (χ2n) is 6.16. The number of pyridine rings is 1. The zero-order valence-corrected chi connectivity index (χ0v) is 17.5. The maximum Gasteiger partial charge on any atom is 0.256 e. The molecule has 1 amide bonds. The molecule has 5 nitrogen and oxygen atoms in total. The molecule has 27 heavy (non-hydrogen) atoms. The molecule has 0 saturated carbocycles. The summed E-state index contributed by atoms with van der Waals surface area (Å²) in [7, 11) is 4.00. The fourth-order valence-electron chi connectivity index (χ4n) is 2.61. The largest absolute Gasteiger partial charge is 0.438 e. The monoisotopic (exact) mass is 445 g/mol. The van der Waals surface area contributed by atoms with Crippen molar-refractivity contribution in [2.45, 2.75) is 6.04 Å². The highest BCUT2D eigenvalue weighted by Gasteiger charge is 2.19. The summed E-state index contributed by atoms with van der Waals surface area (Å²) in [5, 5.41) is 7.14. The Morgan fingerprint density at radius 1 is 1.26 bits per heavy atom. The SMILES string of the molecule is CN(C)C(CNC(=O)c1cccnc1Oc1ccc(Br)cc1)c1ccsc1. The van der Waals surface area contributed by atoms with Crippen molar-refractivity contribution in [3.05, 3.63) is 75.0 Å². The van der Waals surface area contributed by atoms with Crippen molar-refractivity contribution >= 4 is 33.2 Å². The molecular formula is C20H20BrN3O2S. The third kappa shape index (κ3) is 5.15. The van der Waals surface area contributed by atoms with E-state index in [1.165, 1.54) is 5.56 Å². The fraction of sp³-hybridized carbons (Fsp3) is 0.200. The third-order valence-corrected chi connectivity index (χ3v) is 5.28. The second kappa shape index (κ2) is 9.12. The molecule has 140 valence electrons. The van der Waals surface area contributed by atoms with E-state index in [2.05, 4.69) is 42.6 Å². The molecule has 0 aliphatic heterocycles. The Labute approximate surface area is 171 Å². The van der Waals surface area contributed by atoms with Gasteiger partial charge in [-0.3, -0.25) is 4.79 Å². The van der Waals surface area contributed by atoms with Crippen molar-refractivity contribution in [2.75, 3.05) is 20.6 Å². The first kappa shape index (κ1) is 19.5. The van der Waals surface area contributed by atoms with Gasteiger partial charge in [0, 0.05) is 17.2 Å². The smallest absolute Gasteiger partial charge is 0.256 e. The molecule has 0 bridgehead atoms. The van der Waals surface area contributed by atoms with Crippen LogP contribution in [-0.4, -0.2) is 36.4 Å². The van der Waals surface area contributed by atoms with Crippen LogP contribution in [0.25, 0.3) is 0 Å². The molecule has 0 aliphatic carbocycles. The maximum absolute atomic E-state index is 12.8. The summed E-state index contributed by atoms with van der Waals surface area (Å²) in [6.45, 7) is 0.495. The number of carbonyl (C=O) groups excluding carboxylic acids is 1. The summed E-state index contributed by atoms with van der Waals surface area (Å²) >= 11 is 5.04. The van der Waals surface area contributed by atoms with E-state index in [0.717, 1.165) is 4.47 Å². The Balaban J connectivity index is 1.72.